The van der Waals surface area contributed by atoms with E-state index in [2.05, 4.69) is 21.9 Å². The average molecular weight is 396 g/mol. The van der Waals surface area contributed by atoms with E-state index in [1.54, 1.807) is 6.07 Å². The summed E-state index contributed by atoms with van der Waals surface area (Å²) in [5.74, 6) is -0.0252. The number of amides is 1. The van der Waals surface area contributed by atoms with Gasteiger partial charge in [-0.15, -0.1) is 0 Å². The predicted molar refractivity (Wildman–Crippen MR) is 110 cm³/mol. The van der Waals surface area contributed by atoms with Crippen molar-refractivity contribution < 1.29 is 9.53 Å². The van der Waals surface area contributed by atoms with Gasteiger partial charge in [-0.1, -0.05) is 0 Å². The molecule has 0 aromatic carbocycles. The lowest BCUT2D eigenvalue weighted by Crippen LogP contribution is -2.47. The van der Waals surface area contributed by atoms with Gasteiger partial charge in [0, 0.05) is 50.8 Å². The lowest BCUT2D eigenvalue weighted by Gasteiger charge is -2.39. The Morgan fingerprint density at radius 3 is 2.69 bits per heavy atom. The van der Waals surface area contributed by atoms with Crippen LogP contribution in [0.4, 0.5) is 0 Å². The molecule has 2 saturated heterocycles. The molecule has 2 aromatic heterocycles. The zero-order valence-electron chi connectivity index (χ0n) is 16.8. The van der Waals surface area contributed by atoms with Crippen molar-refractivity contribution in [3.8, 4) is 0 Å². The van der Waals surface area contributed by atoms with Crippen LogP contribution in [0.3, 0.4) is 0 Å². The summed E-state index contributed by atoms with van der Waals surface area (Å²) in [5, 5.41) is 0. The number of ether oxygens (including phenoxy) is 1. The van der Waals surface area contributed by atoms with Crippen LogP contribution in [-0.4, -0.2) is 64.1 Å². The molecule has 2 aliphatic rings. The number of aromatic nitrogens is 2. The fourth-order valence-corrected chi connectivity index (χ4v) is 4.45. The molecule has 2 fully saturated rings. The highest BCUT2D eigenvalue weighted by molar-refractivity contribution is 5.93. The molecule has 7 heteroatoms. The molecule has 154 valence electrons. The SMILES string of the molecule is CN(Cc1ccncc1)CC1CCC2(CCN(C(=O)c3ccc(=O)[nH]c3)CC2)O1. The van der Waals surface area contributed by atoms with Crippen LogP contribution < -0.4 is 5.56 Å². The first-order valence-corrected chi connectivity index (χ1v) is 10.3. The largest absolute Gasteiger partial charge is 0.370 e. The Bertz CT molecular complexity index is 870. The van der Waals surface area contributed by atoms with Crippen molar-refractivity contribution in [2.45, 2.75) is 43.9 Å². The molecule has 2 aliphatic heterocycles. The summed E-state index contributed by atoms with van der Waals surface area (Å²) >= 11 is 0. The molecule has 0 saturated carbocycles. The fraction of sp³-hybridized carbons (Fsp3) is 0.500. The number of carbonyl (C=O) groups excluding carboxylic acids is 1. The Morgan fingerprint density at radius 1 is 1.24 bits per heavy atom. The van der Waals surface area contributed by atoms with Crippen molar-refractivity contribution in [2.24, 2.45) is 0 Å². The van der Waals surface area contributed by atoms with E-state index >= 15 is 0 Å². The molecule has 2 aromatic rings. The van der Waals surface area contributed by atoms with Gasteiger partial charge in [0.1, 0.15) is 0 Å². The average Bonchev–Trinajstić information content (AvgIpc) is 3.11. The van der Waals surface area contributed by atoms with Crippen LogP contribution in [0.1, 0.15) is 41.6 Å². The highest BCUT2D eigenvalue weighted by Crippen LogP contribution is 2.39. The van der Waals surface area contributed by atoms with Gasteiger partial charge in [0.2, 0.25) is 5.56 Å². The fourth-order valence-electron chi connectivity index (χ4n) is 4.45. The summed E-state index contributed by atoms with van der Waals surface area (Å²) < 4.78 is 6.51. The minimum Gasteiger partial charge on any atom is -0.370 e. The predicted octanol–water partition coefficient (Wildman–Crippen LogP) is 2.06. The van der Waals surface area contributed by atoms with Crippen molar-refractivity contribution in [3.05, 3.63) is 64.3 Å². The number of H-pyrrole nitrogens is 1. The molecule has 1 spiro atoms. The molecule has 1 N–H and O–H groups in total. The van der Waals surface area contributed by atoms with E-state index in [9.17, 15) is 9.59 Å². The summed E-state index contributed by atoms with van der Waals surface area (Å²) in [4.78, 5) is 34.7. The number of likely N-dealkylation sites (tertiary alicyclic amines) is 1. The van der Waals surface area contributed by atoms with Gasteiger partial charge in [-0.3, -0.25) is 19.5 Å². The van der Waals surface area contributed by atoms with Crippen LogP contribution in [0.5, 0.6) is 0 Å². The van der Waals surface area contributed by atoms with Crippen molar-refractivity contribution in [1.29, 1.82) is 0 Å². The monoisotopic (exact) mass is 396 g/mol. The summed E-state index contributed by atoms with van der Waals surface area (Å²) in [7, 11) is 2.13. The molecule has 1 atom stereocenters. The summed E-state index contributed by atoms with van der Waals surface area (Å²) in [6.07, 6.45) is 9.24. The van der Waals surface area contributed by atoms with Gasteiger partial charge in [0.05, 0.1) is 17.3 Å². The number of hydrogen-bond donors (Lipinski definition) is 1. The van der Waals surface area contributed by atoms with Gasteiger partial charge >= 0.3 is 0 Å². The molecule has 0 bridgehead atoms. The maximum absolute atomic E-state index is 12.6. The van der Waals surface area contributed by atoms with E-state index in [0.29, 0.717) is 18.7 Å². The van der Waals surface area contributed by atoms with Gasteiger partial charge in [-0.25, -0.2) is 0 Å². The molecule has 1 unspecified atom stereocenters. The van der Waals surface area contributed by atoms with Crippen LogP contribution >= 0.6 is 0 Å². The standard InChI is InChI=1S/C22H28N4O3/c1-25(15-17-5-10-23-11-6-17)16-19-4-7-22(29-19)8-12-26(13-9-22)21(28)18-2-3-20(27)24-14-18/h2-3,5-6,10-11,14,19H,4,7-9,12-13,15-16H2,1H3,(H,24,27). The number of likely N-dealkylation sites (N-methyl/N-ethyl adjacent to an activating group) is 1. The second-order valence-corrected chi connectivity index (χ2v) is 8.25. The van der Waals surface area contributed by atoms with E-state index in [1.165, 1.54) is 17.8 Å². The van der Waals surface area contributed by atoms with Gasteiger partial charge < -0.3 is 14.6 Å². The molecule has 7 nitrogen and oxygen atoms in total. The third-order valence-corrected chi connectivity index (χ3v) is 6.05. The second-order valence-electron chi connectivity index (χ2n) is 8.25. The lowest BCUT2D eigenvalue weighted by molar-refractivity contribution is -0.0789. The molecule has 4 heterocycles. The lowest BCUT2D eigenvalue weighted by atomic mass is 9.88. The first-order valence-electron chi connectivity index (χ1n) is 10.3. The number of hydrogen-bond acceptors (Lipinski definition) is 5. The van der Waals surface area contributed by atoms with E-state index in [4.69, 9.17) is 4.74 Å². The minimum atomic E-state index is -0.196. The van der Waals surface area contributed by atoms with Crippen LogP contribution in [0.2, 0.25) is 0 Å². The number of nitrogens with one attached hydrogen (secondary N) is 1. The maximum atomic E-state index is 12.6. The maximum Gasteiger partial charge on any atom is 0.255 e. The van der Waals surface area contributed by atoms with Crippen molar-refractivity contribution in [2.75, 3.05) is 26.7 Å². The number of pyridine rings is 2. The van der Waals surface area contributed by atoms with Crippen molar-refractivity contribution >= 4 is 5.91 Å². The summed E-state index contributed by atoms with van der Waals surface area (Å²) in [6.45, 7) is 3.18. The summed E-state index contributed by atoms with van der Waals surface area (Å²) in [5.41, 5.74) is 1.50. The zero-order chi connectivity index (χ0) is 20.3. The normalized spacial score (nSPS) is 21.0. The second kappa shape index (κ2) is 8.47. The first kappa shape index (κ1) is 19.8. The minimum absolute atomic E-state index is 0.0252. The number of carbonyl (C=O) groups is 1. The molecule has 0 aliphatic carbocycles. The van der Waals surface area contributed by atoms with Gasteiger partial charge in [-0.05, 0) is 56.5 Å². The third-order valence-electron chi connectivity index (χ3n) is 6.05. The van der Waals surface area contributed by atoms with Crippen LogP contribution in [0.15, 0.2) is 47.7 Å². The number of piperidine rings is 1. The van der Waals surface area contributed by atoms with Gasteiger partial charge in [-0.2, -0.15) is 0 Å². The topological polar surface area (TPSA) is 78.5 Å². The molecular weight excluding hydrogens is 368 g/mol. The molecule has 29 heavy (non-hydrogen) atoms. The molecule has 1 amide bonds. The van der Waals surface area contributed by atoms with Crippen LogP contribution in [-0.2, 0) is 11.3 Å². The van der Waals surface area contributed by atoms with Crippen molar-refractivity contribution in [3.63, 3.8) is 0 Å². The smallest absolute Gasteiger partial charge is 0.255 e. The Balaban J connectivity index is 1.27. The van der Waals surface area contributed by atoms with E-state index in [-0.39, 0.29) is 23.2 Å². The molecular formula is C22H28N4O3. The highest BCUT2D eigenvalue weighted by atomic mass is 16.5. The molecule has 4 rings (SSSR count). The summed E-state index contributed by atoms with van der Waals surface area (Å²) in [6, 6.07) is 7.07. The Hall–Kier alpha value is -2.51. The van der Waals surface area contributed by atoms with Gasteiger partial charge in [0.25, 0.3) is 5.91 Å². The highest BCUT2D eigenvalue weighted by Gasteiger charge is 2.43. The number of nitrogens with zero attached hydrogens (tertiary/aromatic N) is 3. The Morgan fingerprint density at radius 2 is 2.00 bits per heavy atom. The Kier molecular flexibility index (Phi) is 5.78. The number of aromatic amines is 1. The van der Waals surface area contributed by atoms with E-state index in [1.807, 2.05) is 29.4 Å². The Labute approximate surface area is 170 Å². The van der Waals surface area contributed by atoms with Crippen LogP contribution in [0, 0.1) is 0 Å². The molecule has 0 radical (unpaired) electrons. The zero-order valence-corrected chi connectivity index (χ0v) is 16.8. The van der Waals surface area contributed by atoms with E-state index < -0.39 is 0 Å². The quantitative estimate of drug-likeness (QED) is 0.837. The van der Waals surface area contributed by atoms with Crippen molar-refractivity contribution in [1.82, 2.24) is 19.8 Å². The van der Waals surface area contributed by atoms with Gasteiger partial charge in [0.15, 0.2) is 0 Å². The van der Waals surface area contributed by atoms with E-state index in [0.717, 1.165) is 38.8 Å². The first-order chi connectivity index (χ1) is 14.0. The van der Waals surface area contributed by atoms with Crippen LogP contribution in [0.25, 0.3) is 0 Å². The number of rotatable bonds is 5. The third kappa shape index (κ3) is 4.74.